The summed E-state index contributed by atoms with van der Waals surface area (Å²) in [5.74, 6) is 1.50. The fourth-order valence-electron chi connectivity index (χ4n) is 3.01. The molecule has 0 aliphatic carbocycles. The van der Waals surface area contributed by atoms with Crippen molar-refractivity contribution in [1.82, 2.24) is 14.5 Å². The van der Waals surface area contributed by atoms with E-state index < -0.39 is 5.51 Å². The van der Waals surface area contributed by atoms with Crippen molar-refractivity contribution in [2.24, 2.45) is 12.2 Å². The minimum atomic E-state index is -4.35. The van der Waals surface area contributed by atoms with Crippen LogP contribution in [0.3, 0.4) is 0 Å². The molecule has 2 aromatic carbocycles. The Kier molecular flexibility index (Phi) is 5.91. The molecule has 0 fully saturated rings. The number of fused-ring (bicyclic) bond motifs is 1. The molecule has 11 heteroatoms. The second-order valence-corrected chi connectivity index (χ2v) is 7.75. The number of alkyl halides is 3. The van der Waals surface area contributed by atoms with E-state index in [4.69, 9.17) is 9.94 Å². The van der Waals surface area contributed by atoms with E-state index in [1.807, 2.05) is 6.07 Å². The molecule has 4 aromatic rings. The van der Waals surface area contributed by atoms with Crippen LogP contribution in [-0.2, 0) is 7.05 Å². The van der Waals surface area contributed by atoms with Crippen LogP contribution in [-0.4, -0.2) is 31.5 Å². The van der Waals surface area contributed by atoms with Crippen molar-refractivity contribution in [2.45, 2.75) is 10.4 Å². The van der Waals surface area contributed by atoms with Crippen molar-refractivity contribution in [3.8, 4) is 11.5 Å². The summed E-state index contributed by atoms with van der Waals surface area (Å²) in [6.07, 6.45) is 2.72. The van der Waals surface area contributed by atoms with Crippen molar-refractivity contribution in [2.75, 3.05) is 5.32 Å². The molecular formula is C21H16F3N5O2S. The highest BCUT2D eigenvalue weighted by Crippen LogP contribution is 2.38. The molecule has 7 nitrogen and oxygen atoms in total. The Morgan fingerprint density at radius 3 is 2.72 bits per heavy atom. The van der Waals surface area contributed by atoms with Crippen LogP contribution in [0.4, 0.5) is 24.8 Å². The smallest absolute Gasteiger partial charge is 0.446 e. The van der Waals surface area contributed by atoms with Gasteiger partial charge in [0.05, 0.1) is 22.9 Å². The molecule has 0 saturated heterocycles. The highest BCUT2D eigenvalue weighted by Gasteiger charge is 2.29. The van der Waals surface area contributed by atoms with E-state index in [1.54, 1.807) is 48.0 Å². The number of benzene rings is 2. The van der Waals surface area contributed by atoms with Crippen molar-refractivity contribution in [3.05, 3.63) is 66.5 Å². The van der Waals surface area contributed by atoms with Crippen LogP contribution in [0.5, 0.6) is 11.5 Å². The number of halogens is 3. The normalized spacial score (nSPS) is 11.9. The summed E-state index contributed by atoms with van der Waals surface area (Å²) >= 11 is -0.169. The minimum Gasteiger partial charge on any atom is -0.457 e. The highest BCUT2D eigenvalue weighted by atomic mass is 32.2. The van der Waals surface area contributed by atoms with Crippen LogP contribution in [0.2, 0.25) is 0 Å². The van der Waals surface area contributed by atoms with Crippen molar-refractivity contribution < 1.29 is 23.1 Å². The number of hydrogen-bond acceptors (Lipinski definition) is 7. The van der Waals surface area contributed by atoms with E-state index >= 15 is 0 Å². The number of aryl methyl sites for hydroxylation is 1. The zero-order valence-corrected chi connectivity index (χ0v) is 17.4. The summed E-state index contributed by atoms with van der Waals surface area (Å²) in [7, 11) is 1.80. The molecule has 2 heterocycles. The van der Waals surface area contributed by atoms with Crippen LogP contribution in [0, 0.1) is 0 Å². The number of nitrogens with zero attached hydrogens (tertiary/aromatic N) is 4. The average Bonchev–Trinajstić information content (AvgIpc) is 3.02. The van der Waals surface area contributed by atoms with Gasteiger partial charge in [-0.2, -0.15) is 13.2 Å². The summed E-state index contributed by atoms with van der Waals surface area (Å²) in [5.41, 5.74) is -1.98. The number of anilines is 2. The van der Waals surface area contributed by atoms with E-state index in [0.29, 0.717) is 34.3 Å². The maximum atomic E-state index is 12.7. The molecule has 164 valence electrons. The number of ether oxygens (including phenoxy) is 1. The van der Waals surface area contributed by atoms with Crippen LogP contribution in [0.25, 0.3) is 11.0 Å². The average molecular weight is 459 g/mol. The van der Waals surface area contributed by atoms with Crippen LogP contribution >= 0.6 is 11.8 Å². The fraction of sp³-hybridized carbons (Fsp3) is 0.0952. The molecule has 0 aliphatic heterocycles. The molecule has 4 rings (SSSR count). The molecule has 32 heavy (non-hydrogen) atoms. The van der Waals surface area contributed by atoms with Gasteiger partial charge in [0.2, 0.25) is 5.95 Å². The third-order valence-electron chi connectivity index (χ3n) is 4.35. The number of imidazole rings is 1. The van der Waals surface area contributed by atoms with Crippen LogP contribution in [0.1, 0.15) is 5.69 Å². The summed E-state index contributed by atoms with van der Waals surface area (Å²) in [4.78, 5) is 8.64. The largest absolute Gasteiger partial charge is 0.457 e. The van der Waals surface area contributed by atoms with Crippen LogP contribution < -0.4 is 10.1 Å². The number of pyridine rings is 1. The second-order valence-electron chi connectivity index (χ2n) is 6.61. The van der Waals surface area contributed by atoms with E-state index in [2.05, 4.69) is 20.4 Å². The van der Waals surface area contributed by atoms with E-state index in [9.17, 15) is 13.2 Å². The lowest BCUT2D eigenvalue weighted by Gasteiger charge is -2.09. The van der Waals surface area contributed by atoms with Gasteiger partial charge in [-0.15, -0.1) is 0 Å². The number of thioether (sulfide) groups is 1. The van der Waals surface area contributed by atoms with Gasteiger partial charge >= 0.3 is 5.51 Å². The molecule has 0 bridgehead atoms. The topological polar surface area (TPSA) is 84.6 Å². The number of oxime groups is 1. The Hall–Kier alpha value is -3.73. The maximum absolute atomic E-state index is 12.7. The first-order valence-corrected chi connectivity index (χ1v) is 10.0. The third kappa shape index (κ3) is 5.11. The maximum Gasteiger partial charge on any atom is 0.446 e. The number of rotatable bonds is 6. The minimum absolute atomic E-state index is 0.0833. The SMILES string of the molecule is Cn1c(Nc2cccc(SC(F)(F)F)c2)nc2cc(Oc3ccnc(/C=N\O)c3)ccc21. The first kappa shape index (κ1) is 21.5. The number of aromatic nitrogens is 3. The first-order valence-electron chi connectivity index (χ1n) is 9.21. The van der Waals surface area contributed by atoms with Gasteiger partial charge in [0, 0.05) is 36.0 Å². The van der Waals surface area contributed by atoms with Crippen molar-refractivity contribution >= 4 is 40.6 Å². The second kappa shape index (κ2) is 8.79. The number of hydrogen-bond donors (Lipinski definition) is 2. The fourth-order valence-corrected chi connectivity index (χ4v) is 3.61. The lowest BCUT2D eigenvalue weighted by atomic mass is 10.3. The quantitative estimate of drug-likeness (QED) is 0.161. The first-order chi connectivity index (χ1) is 15.3. The van der Waals surface area contributed by atoms with E-state index in [0.717, 1.165) is 5.52 Å². The highest BCUT2D eigenvalue weighted by molar-refractivity contribution is 8.00. The Balaban J connectivity index is 1.57. The predicted octanol–water partition coefficient (Wildman–Crippen LogP) is 5.92. The van der Waals surface area contributed by atoms with Gasteiger partial charge in [0.15, 0.2) is 0 Å². The zero-order chi connectivity index (χ0) is 22.7. The Morgan fingerprint density at radius 1 is 1.12 bits per heavy atom. The van der Waals surface area contributed by atoms with Crippen molar-refractivity contribution in [1.29, 1.82) is 0 Å². The molecule has 0 radical (unpaired) electrons. The molecule has 0 unspecified atom stereocenters. The molecule has 0 spiro atoms. The Bertz CT molecular complexity index is 1290. The van der Waals surface area contributed by atoms with Gasteiger partial charge in [-0.3, -0.25) is 4.98 Å². The lowest BCUT2D eigenvalue weighted by Crippen LogP contribution is -2.01. The monoisotopic (exact) mass is 459 g/mol. The molecule has 0 aliphatic rings. The molecule has 0 atom stereocenters. The van der Waals surface area contributed by atoms with Gasteiger partial charge in [-0.05, 0) is 48.2 Å². The molecular weight excluding hydrogens is 443 g/mol. The van der Waals surface area contributed by atoms with Crippen molar-refractivity contribution in [3.63, 3.8) is 0 Å². The van der Waals surface area contributed by atoms with Gasteiger partial charge in [0.25, 0.3) is 0 Å². The van der Waals surface area contributed by atoms with E-state index in [-0.39, 0.29) is 16.7 Å². The summed E-state index contributed by atoms with van der Waals surface area (Å²) < 4.78 is 45.6. The molecule has 2 N–H and O–H groups in total. The zero-order valence-electron chi connectivity index (χ0n) is 16.5. The predicted molar refractivity (Wildman–Crippen MR) is 116 cm³/mol. The summed E-state index contributed by atoms with van der Waals surface area (Å²) in [6.45, 7) is 0. The summed E-state index contributed by atoms with van der Waals surface area (Å²) in [6, 6.07) is 14.7. The Labute approximate surface area is 184 Å². The third-order valence-corrected chi connectivity index (χ3v) is 5.08. The number of nitrogens with one attached hydrogen (secondary N) is 1. The molecule has 2 aromatic heterocycles. The Morgan fingerprint density at radius 2 is 1.94 bits per heavy atom. The molecule has 0 saturated carbocycles. The van der Waals surface area contributed by atoms with Gasteiger partial charge < -0.3 is 19.8 Å². The van der Waals surface area contributed by atoms with E-state index in [1.165, 1.54) is 24.5 Å². The van der Waals surface area contributed by atoms with Gasteiger partial charge in [-0.25, -0.2) is 4.98 Å². The molecule has 0 amide bonds. The summed E-state index contributed by atoms with van der Waals surface area (Å²) in [5, 5.41) is 14.6. The van der Waals surface area contributed by atoms with Gasteiger partial charge in [-0.1, -0.05) is 11.2 Å². The standard InChI is InChI=1S/C21H16F3N5O2S/c1-29-19-6-5-15(31-16-7-8-25-14(9-16)12-26-30)11-18(19)28-20(29)27-13-3-2-4-17(10-13)32-21(22,23)24/h2-12,30H,1H3,(H,27,28)/b26-12-. The lowest BCUT2D eigenvalue weighted by molar-refractivity contribution is -0.0328. The van der Waals surface area contributed by atoms with Crippen LogP contribution in [0.15, 0.2) is 70.8 Å². The van der Waals surface area contributed by atoms with Gasteiger partial charge in [0.1, 0.15) is 11.5 Å².